The molecule has 2 aromatic carbocycles. The van der Waals surface area contributed by atoms with Crippen molar-refractivity contribution in [3.8, 4) is 17.2 Å². The molecule has 1 N–H and O–H groups in total. The number of methoxy groups -OCH3 is 2. The first-order chi connectivity index (χ1) is 15.2. The summed E-state index contributed by atoms with van der Waals surface area (Å²) >= 11 is 0. The van der Waals surface area contributed by atoms with Crippen LogP contribution in [-0.4, -0.2) is 53.7 Å². The fourth-order valence-electron chi connectivity index (χ4n) is 2.83. The van der Waals surface area contributed by atoms with Crippen LogP contribution in [0.5, 0.6) is 17.2 Å². The molecule has 0 saturated carbocycles. The highest BCUT2D eigenvalue weighted by atomic mass is 32.2. The van der Waals surface area contributed by atoms with Crippen molar-refractivity contribution in [1.29, 1.82) is 0 Å². The molecule has 9 nitrogen and oxygen atoms in total. The van der Waals surface area contributed by atoms with Gasteiger partial charge < -0.3 is 14.2 Å². The van der Waals surface area contributed by atoms with Crippen LogP contribution in [0, 0.1) is 0 Å². The standard InChI is InChI=1S/C22H27N3O6S/c1-6-13-31-20-12-7-17(14-21(20)30-4)15-23-24-22(26)16(2)25(32(5,27)28)18-8-10-19(29-3)11-9-18/h6-12,14-16H,1,13H2,2-5H3,(H,24,26)/b23-15+. The normalized spacial score (nSPS) is 12.1. The highest BCUT2D eigenvalue weighted by Crippen LogP contribution is 2.27. The predicted octanol–water partition coefficient (Wildman–Crippen LogP) is 2.57. The van der Waals surface area contributed by atoms with Crippen molar-refractivity contribution in [3.63, 3.8) is 0 Å². The molecule has 172 valence electrons. The van der Waals surface area contributed by atoms with Crippen LogP contribution in [0.2, 0.25) is 0 Å². The van der Waals surface area contributed by atoms with Gasteiger partial charge in [0.2, 0.25) is 10.0 Å². The number of hydrazone groups is 1. The van der Waals surface area contributed by atoms with Crippen LogP contribution in [0.4, 0.5) is 5.69 Å². The van der Waals surface area contributed by atoms with Gasteiger partial charge in [0.15, 0.2) is 11.5 Å². The maximum atomic E-state index is 12.6. The second kappa shape index (κ2) is 11.2. The zero-order valence-electron chi connectivity index (χ0n) is 18.4. The van der Waals surface area contributed by atoms with E-state index in [2.05, 4.69) is 17.1 Å². The number of amides is 1. The molecule has 0 aliphatic carbocycles. The molecule has 0 aliphatic rings. The Morgan fingerprint density at radius 2 is 1.84 bits per heavy atom. The SMILES string of the molecule is C=CCOc1ccc(/C=N/NC(=O)C(C)N(c2ccc(OC)cc2)S(C)(=O)=O)cc1OC. The molecule has 0 bridgehead atoms. The van der Waals surface area contributed by atoms with Gasteiger partial charge in [-0.15, -0.1) is 0 Å². The Labute approximate surface area is 188 Å². The minimum Gasteiger partial charge on any atom is -0.497 e. The maximum absolute atomic E-state index is 12.6. The van der Waals surface area contributed by atoms with Crippen LogP contribution in [0.3, 0.4) is 0 Å². The van der Waals surface area contributed by atoms with Crippen LogP contribution in [-0.2, 0) is 14.8 Å². The van der Waals surface area contributed by atoms with Gasteiger partial charge in [0.05, 0.1) is 32.4 Å². The Bertz CT molecular complexity index is 1070. The van der Waals surface area contributed by atoms with Gasteiger partial charge in [-0.3, -0.25) is 9.10 Å². The predicted molar refractivity (Wildman–Crippen MR) is 124 cm³/mol. The van der Waals surface area contributed by atoms with Crippen LogP contribution in [0.25, 0.3) is 0 Å². The number of carbonyl (C=O) groups excluding carboxylic acids is 1. The van der Waals surface area contributed by atoms with E-state index < -0.39 is 22.0 Å². The topological polar surface area (TPSA) is 107 Å². The molecule has 2 rings (SSSR count). The lowest BCUT2D eigenvalue weighted by atomic mass is 10.2. The molecule has 10 heteroatoms. The van der Waals surface area contributed by atoms with Gasteiger partial charge in [-0.05, 0) is 55.0 Å². The molecule has 0 aromatic heterocycles. The van der Waals surface area contributed by atoms with Crippen LogP contribution in [0.15, 0.2) is 60.2 Å². The van der Waals surface area contributed by atoms with Crippen molar-refractivity contribution in [2.45, 2.75) is 13.0 Å². The zero-order chi connectivity index (χ0) is 23.7. The fraction of sp³-hybridized carbons (Fsp3) is 0.273. The summed E-state index contributed by atoms with van der Waals surface area (Å²) in [5.41, 5.74) is 3.36. The van der Waals surface area contributed by atoms with Crippen molar-refractivity contribution in [2.75, 3.05) is 31.4 Å². The van der Waals surface area contributed by atoms with E-state index in [4.69, 9.17) is 14.2 Å². The van der Waals surface area contributed by atoms with E-state index in [1.165, 1.54) is 27.4 Å². The molecular weight excluding hydrogens is 434 g/mol. The number of benzene rings is 2. The number of ether oxygens (including phenoxy) is 3. The number of nitrogens with one attached hydrogen (secondary N) is 1. The highest BCUT2D eigenvalue weighted by Gasteiger charge is 2.29. The van der Waals surface area contributed by atoms with Crippen LogP contribution >= 0.6 is 0 Å². The Hall–Kier alpha value is -3.53. The Kier molecular flexibility index (Phi) is 8.65. The van der Waals surface area contributed by atoms with Gasteiger partial charge in [0.25, 0.3) is 5.91 Å². The summed E-state index contributed by atoms with van der Waals surface area (Å²) in [6.07, 6.45) is 4.08. The summed E-state index contributed by atoms with van der Waals surface area (Å²) in [4.78, 5) is 12.6. The molecule has 2 aromatic rings. The lowest BCUT2D eigenvalue weighted by Crippen LogP contribution is -2.46. The lowest BCUT2D eigenvalue weighted by Gasteiger charge is -2.27. The third kappa shape index (κ3) is 6.48. The van der Waals surface area contributed by atoms with E-state index in [9.17, 15) is 13.2 Å². The van der Waals surface area contributed by atoms with Crippen LogP contribution < -0.4 is 23.9 Å². The number of hydrogen-bond donors (Lipinski definition) is 1. The van der Waals surface area contributed by atoms with E-state index in [1.807, 2.05) is 0 Å². The van der Waals surface area contributed by atoms with Gasteiger partial charge in [-0.2, -0.15) is 5.10 Å². The van der Waals surface area contributed by atoms with E-state index in [1.54, 1.807) is 48.5 Å². The summed E-state index contributed by atoms with van der Waals surface area (Å²) in [5, 5.41) is 3.94. The first-order valence-corrected chi connectivity index (χ1v) is 11.4. The molecule has 0 saturated heterocycles. The molecule has 0 spiro atoms. The minimum atomic E-state index is -3.74. The number of sulfonamides is 1. The molecule has 1 amide bonds. The fourth-order valence-corrected chi connectivity index (χ4v) is 4.01. The van der Waals surface area contributed by atoms with Crippen molar-refractivity contribution in [1.82, 2.24) is 5.43 Å². The van der Waals surface area contributed by atoms with E-state index in [0.717, 1.165) is 10.6 Å². The quantitative estimate of drug-likeness (QED) is 0.313. The first-order valence-electron chi connectivity index (χ1n) is 9.59. The maximum Gasteiger partial charge on any atom is 0.263 e. The molecule has 0 fully saturated rings. The lowest BCUT2D eigenvalue weighted by molar-refractivity contribution is -0.121. The molecule has 0 radical (unpaired) electrons. The highest BCUT2D eigenvalue weighted by molar-refractivity contribution is 7.92. The van der Waals surface area contributed by atoms with Crippen molar-refractivity contribution in [3.05, 3.63) is 60.7 Å². The van der Waals surface area contributed by atoms with Crippen molar-refractivity contribution in [2.24, 2.45) is 5.10 Å². The summed E-state index contributed by atoms with van der Waals surface area (Å²) in [5.74, 6) is 1.02. The average Bonchev–Trinajstić information content (AvgIpc) is 2.77. The summed E-state index contributed by atoms with van der Waals surface area (Å²) < 4.78 is 41.6. The first kappa shape index (κ1) is 24.7. The molecule has 1 unspecified atom stereocenters. The van der Waals surface area contributed by atoms with Gasteiger partial charge in [0, 0.05) is 0 Å². The Balaban J connectivity index is 2.14. The third-order valence-electron chi connectivity index (χ3n) is 4.35. The van der Waals surface area contributed by atoms with E-state index >= 15 is 0 Å². The zero-order valence-corrected chi connectivity index (χ0v) is 19.3. The second-order valence-corrected chi connectivity index (χ2v) is 8.54. The average molecular weight is 462 g/mol. The Morgan fingerprint density at radius 1 is 1.16 bits per heavy atom. The minimum absolute atomic E-state index is 0.333. The summed E-state index contributed by atoms with van der Waals surface area (Å²) in [6.45, 7) is 5.41. The van der Waals surface area contributed by atoms with Gasteiger partial charge >= 0.3 is 0 Å². The number of nitrogens with zero attached hydrogens (tertiary/aromatic N) is 2. The number of hydrogen-bond acceptors (Lipinski definition) is 7. The number of rotatable bonds is 11. The van der Waals surface area contributed by atoms with Crippen molar-refractivity contribution < 1.29 is 27.4 Å². The largest absolute Gasteiger partial charge is 0.497 e. The smallest absolute Gasteiger partial charge is 0.263 e. The van der Waals surface area contributed by atoms with E-state index in [-0.39, 0.29) is 0 Å². The Morgan fingerprint density at radius 3 is 2.41 bits per heavy atom. The van der Waals surface area contributed by atoms with Gasteiger partial charge in [-0.25, -0.2) is 13.8 Å². The second-order valence-electron chi connectivity index (χ2n) is 6.68. The summed E-state index contributed by atoms with van der Waals surface area (Å²) in [6, 6.07) is 10.5. The molecular formula is C22H27N3O6S. The molecule has 0 aliphatic heterocycles. The number of carbonyl (C=O) groups is 1. The molecule has 0 heterocycles. The molecule has 32 heavy (non-hydrogen) atoms. The molecule has 1 atom stereocenters. The van der Waals surface area contributed by atoms with E-state index in [0.29, 0.717) is 35.1 Å². The van der Waals surface area contributed by atoms with Crippen LogP contribution in [0.1, 0.15) is 12.5 Å². The third-order valence-corrected chi connectivity index (χ3v) is 5.59. The van der Waals surface area contributed by atoms with Crippen molar-refractivity contribution >= 4 is 27.8 Å². The van der Waals surface area contributed by atoms with Gasteiger partial charge in [0.1, 0.15) is 18.4 Å². The number of anilines is 1. The monoisotopic (exact) mass is 461 g/mol. The van der Waals surface area contributed by atoms with Gasteiger partial charge in [-0.1, -0.05) is 12.7 Å². The summed E-state index contributed by atoms with van der Waals surface area (Å²) in [7, 11) is -0.716.